The van der Waals surface area contributed by atoms with Crippen molar-refractivity contribution in [3.05, 3.63) is 66.0 Å². The summed E-state index contributed by atoms with van der Waals surface area (Å²) in [6.07, 6.45) is 8.10. The molecule has 1 aliphatic heterocycles. The second-order valence-corrected chi connectivity index (χ2v) is 3.94. The van der Waals surface area contributed by atoms with Gasteiger partial charge in [0, 0.05) is 18.8 Å². The number of nitrogens with zero attached hydrogens (tertiary/aromatic N) is 1. The zero-order valence-electron chi connectivity index (χ0n) is 9.63. The minimum atomic E-state index is 1.02. The molecule has 0 saturated heterocycles. The highest BCUT2D eigenvalue weighted by Crippen LogP contribution is 2.21. The van der Waals surface area contributed by atoms with E-state index in [2.05, 4.69) is 28.4 Å². The molecule has 17 heavy (non-hydrogen) atoms. The van der Waals surface area contributed by atoms with Gasteiger partial charge < -0.3 is 10.2 Å². The summed E-state index contributed by atoms with van der Waals surface area (Å²) in [4.78, 5) is 2.06. The molecule has 0 atom stereocenters. The molecule has 0 amide bonds. The first-order valence-electron chi connectivity index (χ1n) is 5.40. The van der Waals surface area contributed by atoms with Crippen molar-refractivity contribution in [1.29, 1.82) is 0 Å². The van der Waals surface area contributed by atoms with Crippen LogP contribution in [0, 0.1) is 0 Å². The molecular weight excluding hydrogens is 228 g/mol. The Morgan fingerprint density at radius 1 is 1.24 bits per heavy atom. The Kier molecular flexibility index (Phi) is 3.73. The van der Waals surface area contributed by atoms with E-state index in [0.717, 1.165) is 17.0 Å². The van der Waals surface area contributed by atoms with Gasteiger partial charge in [0.25, 0.3) is 0 Å². The molecule has 1 N–H and O–H groups in total. The fourth-order valence-corrected chi connectivity index (χ4v) is 1.87. The third-order valence-electron chi connectivity index (χ3n) is 2.58. The first-order chi connectivity index (χ1) is 8.33. The smallest absolute Gasteiger partial charge is 0.0700 e. The Morgan fingerprint density at radius 3 is 2.65 bits per heavy atom. The lowest BCUT2D eigenvalue weighted by Gasteiger charge is -2.22. The van der Waals surface area contributed by atoms with Crippen LogP contribution in [0.4, 0.5) is 0 Å². The molecule has 0 spiro atoms. The minimum Gasteiger partial charge on any atom is -0.350 e. The van der Waals surface area contributed by atoms with Crippen LogP contribution in [0.5, 0.6) is 0 Å². The van der Waals surface area contributed by atoms with E-state index in [-0.39, 0.29) is 0 Å². The van der Waals surface area contributed by atoms with Crippen LogP contribution in [0.2, 0.25) is 0 Å². The number of hydrogen-bond donors (Lipinski definition) is 1. The van der Waals surface area contributed by atoms with E-state index in [1.54, 1.807) is 0 Å². The standard InChI is InChI=1S/C14H14N2S/c1-16-10-6-5-9-13(16)14(15-11-17)12-7-3-2-4-8-12/h2-11H,1H3,(H,15,17)/b14-13-. The van der Waals surface area contributed by atoms with Crippen LogP contribution in [0.25, 0.3) is 5.70 Å². The van der Waals surface area contributed by atoms with Crippen molar-refractivity contribution in [2.45, 2.75) is 0 Å². The molecule has 0 bridgehead atoms. The number of benzene rings is 1. The van der Waals surface area contributed by atoms with Gasteiger partial charge in [-0.3, -0.25) is 0 Å². The van der Waals surface area contributed by atoms with Crippen LogP contribution >= 0.6 is 12.2 Å². The van der Waals surface area contributed by atoms with Crippen LogP contribution in [0.15, 0.2) is 60.5 Å². The fraction of sp³-hybridized carbons (Fsp3) is 0.0714. The van der Waals surface area contributed by atoms with E-state index in [1.165, 1.54) is 5.49 Å². The Morgan fingerprint density at radius 2 is 2.00 bits per heavy atom. The molecule has 1 aromatic rings. The van der Waals surface area contributed by atoms with Gasteiger partial charge in [0.1, 0.15) is 0 Å². The van der Waals surface area contributed by atoms with E-state index >= 15 is 0 Å². The highest BCUT2D eigenvalue weighted by molar-refractivity contribution is 7.78. The molecule has 0 saturated carbocycles. The third-order valence-corrected chi connectivity index (χ3v) is 2.69. The van der Waals surface area contributed by atoms with Gasteiger partial charge in [-0.15, -0.1) is 0 Å². The minimum absolute atomic E-state index is 1.02. The van der Waals surface area contributed by atoms with Gasteiger partial charge >= 0.3 is 0 Å². The van der Waals surface area contributed by atoms with Crippen molar-refractivity contribution < 1.29 is 0 Å². The molecule has 1 aromatic carbocycles. The number of thiocarbonyl (C=S) groups is 1. The first kappa shape index (κ1) is 11.6. The maximum absolute atomic E-state index is 4.91. The summed E-state index contributed by atoms with van der Waals surface area (Å²) in [5, 5.41) is 3.14. The highest BCUT2D eigenvalue weighted by Gasteiger charge is 2.10. The predicted molar refractivity (Wildman–Crippen MR) is 76.2 cm³/mol. The summed E-state index contributed by atoms with van der Waals surface area (Å²) < 4.78 is 0. The number of likely N-dealkylation sites (N-methyl/N-ethyl adjacent to an activating group) is 1. The molecule has 2 nitrogen and oxygen atoms in total. The largest absolute Gasteiger partial charge is 0.350 e. The topological polar surface area (TPSA) is 15.3 Å². The van der Waals surface area contributed by atoms with Crippen LogP contribution in [-0.4, -0.2) is 17.4 Å². The molecule has 0 fully saturated rings. The summed E-state index contributed by atoms with van der Waals surface area (Å²) in [5.74, 6) is 0. The summed E-state index contributed by atoms with van der Waals surface area (Å²) >= 11 is 4.91. The molecule has 0 radical (unpaired) electrons. The van der Waals surface area contributed by atoms with Crippen molar-refractivity contribution in [3.8, 4) is 0 Å². The summed E-state index contributed by atoms with van der Waals surface area (Å²) in [6, 6.07) is 10.2. The van der Waals surface area contributed by atoms with Crippen LogP contribution in [0.3, 0.4) is 0 Å². The maximum Gasteiger partial charge on any atom is 0.0700 e. The van der Waals surface area contributed by atoms with Crippen molar-refractivity contribution in [2.24, 2.45) is 0 Å². The van der Waals surface area contributed by atoms with E-state index in [1.807, 2.05) is 43.6 Å². The Labute approximate surface area is 107 Å². The zero-order chi connectivity index (χ0) is 12.1. The Hall–Kier alpha value is -1.87. The molecular formula is C14H14N2S. The molecule has 1 aliphatic rings. The molecule has 1 heterocycles. The lowest BCUT2D eigenvalue weighted by molar-refractivity contribution is 0.584. The average molecular weight is 242 g/mol. The molecule has 0 aromatic heterocycles. The molecule has 0 unspecified atom stereocenters. The fourth-order valence-electron chi connectivity index (χ4n) is 1.75. The van der Waals surface area contributed by atoms with E-state index < -0.39 is 0 Å². The van der Waals surface area contributed by atoms with E-state index in [0.29, 0.717) is 0 Å². The lowest BCUT2D eigenvalue weighted by atomic mass is 10.1. The van der Waals surface area contributed by atoms with Crippen molar-refractivity contribution in [1.82, 2.24) is 10.2 Å². The molecule has 3 heteroatoms. The maximum atomic E-state index is 4.91. The second-order valence-electron chi connectivity index (χ2n) is 3.70. The molecule has 2 rings (SSSR count). The third kappa shape index (κ3) is 2.63. The molecule has 0 aliphatic carbocycles. The summed E-state index contributed by atoms with van der Waals surface area (Å²) in [6.45, 7) is 0. The number of rotatable bonds is 3. The summed E-state index contributed by atoms with van der Waals surface area (Å²) in [7, 11) is 2.02. The average Bonchev–Trinajstić information content (AvgIpc) is 2.38. The lowest BCUT2D eigenvalue weighted by Crippen LogP contribution is -2.19. The highest BCUT2D eigenvalue weighted by atomic mass is 32.1. The Balaban J connectivity index is 2.48. The number of allylic oxidation sites excluding steroid dienone is 3. The van der Waals surface area contributed by atoms with Crippen LogP contribution in [-0.2, 0) is 0 Å². The van der Waals surface area contributed by atoms with Gasteiger partial charge in [-0.25, -0.2) is 0 Å². The first-order valence-corrected chi connectivity index (χ1v) is 5.87. The second kappa shape index (κ2) is 5.46. The van der Waals surface area contributed by atoms with Gasteiger partial charge in [0.05, 0.1) is 16.9 Å². The zero-order valence-corrected chi connectivity index (χ0v) is 10.4. The van der Waals surface area contributed by atoms with Crippen molar-refractivity contribution >= 4 is 23.4 Å². The van der Waals surface area contributed by atoms with Gasteiger partial charge in [0.2, 0.25) is 0 Å². The van der Waals surface area contributed by atoms with Crippen molar-refractivity contribution in [3.63, 3.8) is 0 Å². The van der Waals surface area contributed by atoms with Crippen molar-refractivity contribution in [2.75, 3.05) is 7.05 Å². The van der Waals surface area contributed by atoms with Crippen LogP contribution < -0.4 is 5.32 Å². The van der Waals surface area contributed by atoms with Gasteiger partial charge in [-0.1, -0.05) is 48.6 Å². The van der Waals surface area contributed by atoms with Gasteiger partial charge in [-0.2, -0.15) is 0 Å². The van der Waals surface area contributed by atoms with Gasteiger partial charge in [-0.05, 0) is 12.2 Å². The summed E-state index contributed by atoms with van der Waals surface area (Å²) in [5.41, 5.74) is 4.77. The normalized spacial score (nSPS) is 16.9. The monoisotopic (exact) mass is 242 g/mol. The number of nitrogens with one attached hydrogen (secondary N) is 1. The molecule has 86 valence electrons. The SMILES string of the molecule is CN1C=CC=C/C1=C(/NC=S)c1ccccc1. The Bertz CT molecular complexity index is 486. The predicted octanol–water partition coefficient (Wildman–Crippen LogP) is 2.92. The van der Waals surface area contributed by atoms with Crippen LogP contribution in [0.1, 0.15) is 5.56 Å². The number of hydrogen-bond acceptors (Lipinski definition) is 2. The quantitative estimate of drug-likeness (QED) is 0.820. The van der Waals surface area contributed by atoms with Gasteiger partial charge in [0.15, 0.2) is 0 Å². The van der Waals surface area contributed by atoms with E-state index in [9.17, 15) is 0 Å². The van der Waals surface area contributed by atoms with E-state index in [4.69, 9.17) is 12.2 Å².